The van der Waals surface area contributed by atoms with Crippen LogP contribution in [0.15, 0.2) is 65.7 Å². The number of imidazole rings is 1. The maximum Gasteiger partial charge on any atom is 0.313 e. The quantitative estimate of drug-likeness (QED) is 0.236. The van der Waals surface area contributed by atoms with E-state index in [1.165, 1.54) is 0 Å². The summed E-state index contributed by atoms with van der Waals surface area (Å²) in [6, 6.07) is 18.0. The summed E-state index contributed by atoms with van der Waals surface area (Å²) in [6.45, 7) is 3.20. The molecule has 0 bridgehead atoms. The van der Waals surface area contributed by atoms with Crippen molar-refractivity contribution in [1.82, 2.24) is 14.5 Å². The number of phosphoric ester groups is 1. The van der Waals surface area contributed by atoms with Gasteiger partial charge in [0.15, 0.2) is 12.1 Å². The maximum absolute atomic E-state index is 13.1. The predicted octanol–water partition coefficient (Wildman–Crippen LogP) is 0.572. The van der Waals surface area contributed by atoms with Gasteiger partial charge >= 0.3 is 5.65 Å². The van der Waals surface area contributed by atoms with E-state index in [2.05, 4.69) is 14.5 Å². The second-order valence-electron chi connectivity index (χ2n) is 10.2. The van der Waals surface area contributed by atoms with E-state index in [0.717, 1.165) is 16.7 Å². The molecule has 4 atom stereocenters. The van der Waals surface area contributed by atoms with Gasteiger partial charge in [0.25, 0.3) is 11.5 Å². The summed E-state index contributed by atoms with van der Waals surface area (Å²) in [6.07, 6.45) is -1.64. The van der Waals surface area contributed by atoms with Gasteiger partial charge in [0.2, 0.25) is 11.7 Å². The molecule has 0 radical (unpaired) electrons. The number of nitrogens with zero attached hydrogens (tertiary/aromatic N) is 3. The number of hydrogen-bond donors (Lipinski definition) is 2. The SMILES string of the molecule is CC1(C)O[C@@H]2[C@H](O1)[C@@H](COP(=O)([O-])[O-])O[C@H]2[n+]1cn(Cc2ccc(-c3ccccc3)cc2)c2c(=O)[nH]c(N)nc21. The maximum atomic E-state index is 13.1. The third kappa shape index (κ3) is 5.20. The topological polar surface area (TPSA) is 181 Å². The highest BCUT2D eigenvalue weighted by Crippen LogP contribution is 2.42. The van der Waals surface area contributed by atoms with E-state index in [1.54, 1.807) is 29.3 Å². The Morgan fingerprint density at radius 1 is 1.10 bits per heavy atom. The minimum atomic E-state index is -5.25. The Morgan fingerprint density at radius 2 is 1.77 bits per heavy atom. The van der Waals surface area contributed by atoms with Gasteiger partial charge in [-0.15, -0.1) is 0 Å². The van der Waals surface area contributed by atoms with E-state index in [0.29, 0.717) is 6.54 Å². The van der Waals surface area contributed by atoms with Crippen molar-refractivity contribution < 1.29 is 37.7 Å². The van der Waals surface area contributed by atoms with E-state index in [-0.39, 0.29) is 17.1 Å². The minimum absolute atomic E-state index is 0.0896. The predicted molar refractivity (Wildman–Crippen MR) is 137 cm³/mol. The van der Waals surface area contributed by atoms with Crippen LogP contribution < -0.4 is 25.6 Å². The first kappa shape index (κ1) is 26.8. The number of nitrogens with one attached hydrogen (secondary N) is 1. The van der Waals surface area contributed by atoms with Crippen LogP contribution >= 0.6 is 7.82 Å². The Bertz CT molecular complexity index is 1650. The first-order valence-corrected chi connectivity index (χ1v) is 14.1. The highest BCUT2D eigenvalue weighted by atomic mass is 31.2. The fourth-order valence-corrected chi connectivity index (χ4v) is 5.62. The summed E-state index contributed by atoms with van der Waals surface area (Å²) in [5, 5.41) is 0. The van der Waals surface area contributed by atoms with E-state index in [1.807, 2.05) is 54.6 Å². The van der Waals surface area contributed by atoms with Crippen LogP contribution in [-0.4, -0.2) is 45.2 Å². The van der Waals surface area contributed by atoms with Gasteiger partial charge in [-0.2, -0.15) is 0 Å². The second-order valence-corrected chi connectivity index (χ2v) is 11.4. The molecule has 40 heavy (non-hydrogen) atoms. The Hall–Kier alpha value is -3.42. The van der Waals surface area contributed by atoms with Crippen LogP contribution in [0.3, 0.4) is 0 Å². The van der Waals surface area contributed by atoms with Crippen LogP contribution in [0.4, 0.5) is 5.95 Å². The van der Waals surface area contributed by atoms with Crippen molar-refractivity contribution in [2.75, 3.05) is 12.3 Å². The number of phosphoric acid groups is 1. The van der Waals surface area contributed by atoms with Crippen LogP contribution in [0.25, 0.3) is 22.3 Å². The van der Waals surface area contributed by atoms with Crippen molar-refractivity contribution in [3.05, 3.63) is 76.8 Å². The molecule has 3 N–H and O–H groups in total. The van der Waals surface area contributed by atoms with Crippen LogP contribution in [-0.2, 0) is 29.8 Å². The molecule has 0 amide bonds. The summed E-state index contributed by atoms with van der Waals surface area (Å²) >= 11 is 0. The molecule has 2 saturated heterocycles. The van der Waals surface area contributed by atoms with Gasteiger partial charge in [-0.3, -0.25) is 14.3 Å². The molecule has 210 valence electrons. The third-order valence-corrected chi connectivity index (χ3v) is 7.37. The Balaban J connectivity index is 1.36. The fraction of sp³-hybridized carbons (Fsp3) is 0.346. The zero-order valence-electron chi connectivity index (χ0n) is 21.6. The standard InChI is InChI=1S/C26H28N5O8P/c1-26(2)38-20-18(13-36-40(33,34)35)37-24(21(20)39-26)31-14-30(19-22(31)28-25(27)29-23(19)32)12-15-8-10-17(11-9-15)16-6-4-3-5-7-16/h3-11,14,18,20-21,24H,12-13H2,1-2H3,(H4-,27,28,29,32,33,34,35)/p-1/t18-,20-,21-,24-/m1/s1. The van der Waals surface area contributed by atoms with E-state index in [4.69, 9.17) is 19.9 Å². The first-order valence-electron chi connectivity index (χ1n) is 12.6. The zero-order valence-corrected chi connectivity index (χ0v) is 22.5. The molecular formula is C26H27N5O8P-. The Kier molecular flexibility index (Phi) is 6.62. The Labute approximate surface area is 228 Å². The van der Waals surface area contributed by atoms with Gasteiger partial charge < -0.3 is 38.8 Å². The van der Waals surface area contributed by atoms with Gasteiger partial charge in [0.1, 0.15) is 18.3 Å². The number of rotatable bonds is 7. The lowest BCUT2D eigenvalue weighted by atomic mass is 10.0. The van der Waals surface area contributed by atoms with Gasteiger partial charge in [0.05, 0.1) is 21.0 Å². The number of nitrogen functional groups attached to an aromatic ring is 1. The molecule has 0 spiro atoms. The fourth-order valence-electron chi connectivity index (χ4n) is 5.29. The van der Waals surface area contributed by atoms with Crippen LogP contribution in [0.2, 0.25) is 0 Å². The molecule has 6 rings (SSSR count). The number of nitrogens with two attached hydrogens (primary N) is 1. The largest absolute Gasteiger partial charge is 0.790 e. The average molecular weight is 569 g/mol. The molecule has 0 unspecified atom stereocenters. The first-order chi connectivity index (χ1) is 19.0. The molecule has 2 aromatic heterocycles. The molecular weight excluding hydrogens is 541 g/mol. The number of hydrogen-bond acceptors (Lipinski definition) is 10. The van der Waals surface area contributed by atoms with Crippen molar-refractivity contribution in [3.63, 3.8) is 0 Å². The van der Waals surface area contributed by atoms with Crippen LogP contribution in [0.1, 0.15) is 25.6 Å². The lowest BCUT2D eigenvalue weighted by molar-refractivity contribution is -0.746. The molecule has 2 aromatic carbocycles. The van der Waals surface area contributed by atoms with Gasteiger partial charge in [-0.05, 0) is 30.5 Å². The summed E-state index contributed by atoms with van der Waals surface area (Å²) in [5.41, 5.74) is 9.02. The van der Waals surface area contributed by atoms with Crippen molar-refractivity contribution in [3.8, 4) is 11.1 Å². The van der Waals surface area contributed by atoms with Crippen molar-refractivity contribution in [1.29, 1.82) is 0 Å². The molecule has 0 saturated carbocycles. The third-order valence-electron chi connectivity index (χ3n) is 6.90. The average Bonchev–Trinajstić information content (AvgIpc) is 3.51. The summed E-state index contributed by atoms with van der Waals surface area (Å²) in [7, 11) is -5.25. The molecule has 13 nitrogen and oxygen atoms in total. The number of benzene rings is 2. The lowest BCUT2D eigenvalue weighted by Crippen LogP contribution is -2.46. The minimum Gasteiger partial charge on any atom is -0.790 e. The van der Waals surface area contributed by atoms with Gasteiger partial charge in [-0.1, -0.05) is 59.6 Å². The summed E-state index contributed by atoms with van der Waals surface area (Å²) in [4.78, 5) is 42.2. The summed E-state index contributed by atoms with van der Waals surface area (Å²) < 4.78 is 37.1. The number of aromatic amines is 1. The highest BCUT2D eigenvalue weighted by Gasteiger charge is 2.58. The number of anilines is 1. The number of aromatic nitrogens is 4. The van der Waals surface area contributed by atoms with Gasteiger partial charge in [-0.25, -0.2) is 4.57 Å². The Morgan fingerprint density at radius 3 is 2.48 bits per heavy atom. The molecule has 0 aliphatic carbocycles. The van der Waals surface area contributed by atoms with Crippen molar-refractivity contribution in [2.45, 2.75) is 50.7 Å². The monoisotopic (exact) mass is 568 g/mol. The smallest absolute Gasteiger partial charge is 0.313 e. The number of ether oxygens (including phenoxy) is 3. The number of H-pyrrole nitrogens is 1. The van der Waals surface area contributed by atoms with Crippen LogP contribution in [0, 0.1) is 0 Å². The molecule has 2 aliphatic rings. The molecule has 4 aromatic rings. The van der Waals surface area contributed by atoms with Crippen LogP contribution in [0.5, 0.6) is 0 Å². The molecule has 2 fully saturated rings. The lowest BCUT2D eigenvalue weighted by Gasteiger charge is -2.30. The van der Waals surface area contributed by atoms with E-state index >= 15 is 0 Å². The zero-order chi connectivity index (χ0) is 28.2. The molecule has 4 heterocycles. The second kappa shape index (κ2) is 9.89. The number of fused-ring (bicyclic) bond motifs is 2. The molecule has 14 heteroatoms. The highest BCUT2D eigenvalue weighted by molar-refractivity contribution is 7.43. The van der Waals surface area contributed by atoms with Crippen molar-refractivity contribution >= 4 is 24.9 Å². The van der Waals surface area contributed by atoms with Crippen molar-refractivity contribution in [2.24, 2.45) is 0 Å². The van der Waals surface area contributed by atoms with Gasteiger partial charge in [0, 0.05) is 0 Å². The van der Waals surface area contributed by atoms with E-state index < -0.39 is 50.3 Å². The normalized spacial score (nSPS) is 24.0. The summed E-state index contributed by atoms with van der Waals surface area (Å²) in [5.74, 6) is -1.11. The van der Waals surface area contributed by atoms with E-state index in [9.17, 15) is 19.1 Å². The molecule has 2 aliphatic heterocycles.